The second-order valence-electron chi connectivity index (χ2n) is 3.24. The molecule has 1 amide bonds. The molecule has 0 bridgehead atoms. The van der Waals surface area contributed by atoms with Gasteiger partial charge in [-0.25, -0.2) is 4.79 Å². The van der Waals surface area contributed by atoms with Gasteiger partial charge in [0.05, 0.1) is 6.54 Å². The van der Waals surface area contributed by atoms with E-state index in [0.29, 0.717) is 5.69 Å². The van der Waals surface area contributed by atoms with E-state index < -0.39 is 17.6 Å². The van der Waals surface area contributed by atoms with Crippen LogP contribution in [0.1, 0.15) is 26.7 Å². The highest BCUT2D eigenvalue weighted by atomic mass is 32.1. The van der Waals surface area contributed by atoms with Gasteiger partial charge >= 0.3 is 10.8 Å². The average Bonchev–Trinajstić information content (AvgIpc) is 2.94. The zero-order chi connectivity index (χ0) is 13.1. The van der Waals surface area contributed by atoms with Crippen molar-refractivity contribution in [2.24, 2.45) is 0 Å². The Labute approximate surface area is 103 Å². The van der Waals surface area contributed by atoms with E-state index in [1.165, 1.54) is 0 Å². The van der Waals surface area contributed by atoms with E-state index in [1.54, 1.807) is 5.38 Å². The van der Waals surface area contributed by atoms with Gasteiger partial charge in [0.15, 0.2) is 5.69 Å². The predicted molar refractivity (Wildman–Crippen MR) is 59.6 cm³/mol. The third-order valence-electron chi connectivity index (χ3n) is 1.96. The summed E-state index contributed by atoms with van der Waals surface area (Å²) < 4.78 is 4.44. The highest BCUT2D eigenvalue weighted by Crippen LogP contribution is 2.04. The first-order chi connectivity index (χ1) is 8.56. The van der Waals surface area contributed by atoms with E-state index in [1.807, 2.05) is 0 Å². The Bertz CT molecular complexity index is 640. The summed E-state index contributed by atoms with van der Waals surface area (Å²) in [6.07, 6.45) is 0. The van der Waals surface area contributed by atoms with Crippen LogP contribution in [0.5, 0.6) is 0 Å². The highest BCUT2D eigenvalue weighted by molar-refractivity contribution is 7.07. The fourth-order valence-electron chi connectivity index (χ4n) is 1.15. The Kier molecular flexibility index (Phi) is 3.24. The normalized spacial score (nSPS) is 10.2. The van der Waals surface area contributed by atoms with Crippen LogP contribution in [0.25, 0.3) is 0 Å². The third-order valence-corrected chi connectivity index (χ3v) is 2.68. The summed E-state index contributed by atoms with van der Waals surface area (Å²) in [5, 5.41) is 15.9. The first-order valence-corrected chi connectivity index (χ1v) is 5.59. The van der Waals surface area contributed by atoms with E-state index in [4.69, 9.17) is 5.11 Å². The van der Waals surface area contributed by atoms with Crippen molar-refractivity contribution in [3.8, 4) is 0 Å². The number of carbonyl (C=O) groups excluding carboxylic acids is 1. The fraction of sp³-hybridized carbons (Fsp3) is 0.111. The number of nitrogens with one attached hydrogen (secondary N) is 2. The Balaban J connectivity index is 1.99. The van der Waals surface area contributed by atoms with E-state index in [-0.39, 0.29) is 17.1 Å². The quantitative estimate of drug-likeness (QED) is 0.720. The van der Waals surface area contributed by atoms with Crippen molar-refractivity contribution in [2.45, 2.75) is 6.54 Å². The minimum absolute atomic E-state index is 0.118. The van der Waals surface area contributed by atoms with Gasteiger partial charge in [0.25, 0.3) is 5.91 Å². The number of hydrogen-bond acceptors (Lipinski definition) is 6. The molecule has 0 atom stereocenters. The first kappa shape index (κ1) is 12.0. The number of aromatic amines is 1. The van der Waals surface area contributed by atoms with E-state index in [0.717, 1.165) is 17.4 Å². The first-order valence-electron chi connectivity index (χ1n) is 4.71. The van der Waals surface area contributed by atoms with E-state index >= 15 is 0 Å². The van der Waals surface area contributed by atoms with Gasteiger partial charge < -0.3 is 19.9 Å². The maximum Gasteiger partial charge on any atom is 0.374 e. The molecule has 2 heterocycles. The van der Waals surface area contributed by atoms with Crippen molar-refractivity contribution in [1.29, 1.82) is 0 Å². The number of thiazole rings is 1. The summed E-state index contributed by atoms with van der Waals surface area (Å²) in [6, 6.07) is 1.02. The summed E-state index contributed by atoms with van der Waals surface area (Å²) in [6.45, 7) is 0.118. The second-order valence-corrected chi connectivity index (χ2v) is 4.08. The molecule has 18 heavy (non-hydrogen) atoms. The molecule has 0 spiro atoms. The largest absolute Gasteiger partial charge is 0.475 e. The summed E-state index contributed by atoms with van der Waals surface area (Å²) in [5.74, 6) is -2.30. The number of amides is 1. The predicted octanol–water partition coefficient (Wildman–Crippen LogP) is 0.0526. The van der Waals surface area contributed by atoms with Gasteiger partial charge in [0, 0.05) is 17.1 Å². The highest BCUT2D eigenvalue weighted by Gasteiger charge is 2.16. The van der Waals surface area contributed by atoms with Crippen molar-refractivity contribution in [3.05, 3.63) is 38.3 Å². The Morgan fingerprint density at radius 3 is 2.89 bits per heavy atom. The number of carbonyl (C=O) groups is 2. The molecule has 94 valence electrons. The lowest BCUT2D eigenvalue weighted by molar-refractivity contribution is 0.0651. The molecular weight excluding hydrogens is 262 g/mol. The van der Waals surface area contributed by atoms with Crippen LogP contribution >= 0.6 is 11.3 Å². The molecule has 0 aliphatic heterocycles. The van der Waals surface area contributed by atoms with Gasteiger partial charge in [0.2, 0.25) is 5.76 Å². The third kappa shape index (κ3) is 2.63. The molecule has 0 saturated carbocycles. The molecule has 9 heteroatoms. The molecule has 0 aliphatic rings. The standard InChI is InChI=1S/C9H7N3O5S/c13-7(5-1-6(8(14)15)17-12-5)10-2-4-3-18-9(16)11-4/h1,3H,2H2,(H,10,13)(H,11,16)(H,14,15). The van der Waals surface area contributed by atoms with Gasteiger partial charge in [-0.05, 0) is 0 Å². The smallest absolute Gasteiger partial charge is 0.374 e. The maximum absolute atomic E-state index is 11.5. The van der Waals surface area contributed by atoms with Crippen LogP contribution in [0, 0.1) is 0 Å². The lowest BCUT2D eigenvalue weighted by Crippen LogP contribution is -2.23. The number of nitrogens with zero attached hydrogens (tertiary/aromatic N) is 1. The molecule has 2 aromatic heterocycles. The molecule has 0 unspecified atom stereocenters. The molecule has 0 radical (unpaired) electrons. The molecule has 2 aromatic rings. The second kappa shape index (κ2) is 4.84. The SMILES string of the molecule is O=C(NCc1csc(=O)[nH]1)c1cc(C(=O)O)on1. The fourth-order valence-corrected chi connectivity index (χ4v) is 1.73. The van der Waals surface area contributed by atoms with E-state index in [2.05, 4.69) is 20.0 Å². The van der Waals surface area contributed by atoms with Crippen LogP contribution in [-0.4, -0.2) is 27.1 Å². The number of aromatic nitrogens is 2. The molecule has 3 N–H and O–H groups in total. The van der Waals surface area contributed by atoms with Crippen LogP contribution in [-0.2, 0) is 6.54 Å². The minimum atomic E-state index is -1.30. The van der Waals surface area contributed by atoms with Crippen molar-refractivity contribution < 1.29 is 19.2 Å². The Hall–Kier alpha value is -2.42. The number of hydrogen-bond donors (Lipinski definition) is 3. The van der Waals surface area contributed by atoms with Crippen molar-refractivity contribution in [1.82, 2.24) is 15.5 Å². The number of aromatic carboxylic acids is 1. The van der Waals surface area contributed by atoms with Gasteiger partial charge in [0.1, 0.15) is 0 Å². The van der Waals surface area contributed by atoms with Crippen molar-refractivity contribution in [2.75, 3.05) is 0 Å². The van der Waals surface area contributed by atoms with Crippen LogP contribution in [0.4, 0.5) is 0 Å². The lowest BCUT2D eigenvalue weighted by Gasteiger charge is -1.98. The van der Waals surface area contributed by atoms with Crippen molar-refractivity contribution >= 4 is 23.2 Å². The molecule has 0 aromatic carbocycles. The van der Waals surface area contributed by atoms with Crippen LogP contribution in [0.2, 0.25) is 0 Å². The summed E-state index contributed by atoms with van der Waals surface area (Å²) in [4.78, 5) is 35.2. The van der Waals surface area contributed by atoms with Crippen molar-refractivity contribution in [3.63, 3.8) is 0 Å². The molecule has 0 saturated heterocycles. The number of rotatable bonds is 4. The number of carboxylic acids is 1. The van der Waals surface area contributed by atoms with Gasteiger partial charge in [-0.2, -0.15) is 0 Å². The zero-order valence-corrected chi connectivity index (χ0v) is 9.61. The number of H-pyrrole nitrogens is 1. The maximum atomic E-state index is 11.5. The van der Waals surface area contributed by atoms with E-state index in [9.17, 15) is 14.4 Å². The lowest BCUT2D eigenvalue weighted by atomic mass is 10.3. The summed E-state index contributed by atoms with van der Waals surface area (Å²) >= 11 is 0.986. The van der Waals surface area contributed by atoms with Crippen LogP contribution in [0.15, 0.2) is 20.8 Å². The van der Waals surface area contributed by atoms with Crippen LogP contribution < -0.4 is 10.2 Å². The molecule has 0 aliphatic carbocycles. The topological polar surface area (TPSA) is 125 Å². The zero-order valence-electron chi connectivity index (χ0n) is 8.80. The number of carboxylic acid groups (broad SMARTS) is 1. The van der Waals surface area contributed by atoms with Gasteiger partial charge in [-0.3, -0.25) is 9.59 Å². The minimum Gasteiger partial charge on any atom is -0.475 e. The molecule has 0 fully saturated rings. The Morgan fingerprint density at radius 2 is 2.33 bits per heavy atom. The summed E-state index contributed by atoms with van der Waals surface area (Å²) in [7, 11) is 0. The monoisotopic (exact) mass is 269 g/mol. The summed E-state index contributed by atoms with van der Waals surface area (Å²) in [5.41, 5.74) is 0.422. The molecular formula is C9H7N3O5S. The Morgan fingerprint density at radius 1 is 1.56 bits per heavy atom. The molecule has 8 nitrogen and oxygen atoms in total. The molecule has 2 rings (SSSR count). The van der Waals surface area contributed by atoms with Gasteiger partial charge in [-0.15, -0.1) is 0 Å². The average molecular weight is 269 g/mol. The van der Waals surface area contributed by atoms with Crippen LogP contribution in [0.3, 0.4) is 0 Å². The van der Waals surface area contributed by atoms with Gasteiger partial charge in [-0.1, -0.05) is 16.5 Å².